The number of aliphatic carboxylic acids is 1. The summed E-state index contributed by atoms with van der Waals surface area (Å²) < 4.78 is 25.3. The van der Waals surface area contributed by atoms with Crippen molar-refractivity contribution in [1.82, 2.24) is 14.2 Å². The first kappa shape index (κ1) is 19.3. The minimum Gasteiger partial charge on any atom is -0.480 e. The SMILES string of the molecule is CCS(=O)(=O)N1CCC(N(CC(=O)O)C(=O)c2ncccc2C)CC1. The minimum atomic E-state index is -3.27. The number of hydrogen-bond acceptors (Lipinski definition) is 5. The number of amides is 1. The van der Waals surface area contributed by atoms with E-state index in [0.717, 1.165) is 0 Å². The third-order valence-electron chi connectivity index (χ3n) is 4.40. The van der Waals surface area contributed by atoms with E-state index in [-0.39, 0.29) is 30.6 Å². The van der Waals surface area contributed by atoms with Gasteiger partial charge in [-0.3, -0.25) is 14.6 Å². The molecule has 2 heterocycles. The molecule has 1 saturated heterocycles. The third-order valence-corrected chi connectivity index (χ3v) is 6.28. The first-order chi connectivity index (χ1) is 11.8. The molecule has 2 rings (SSSR count). The maximum absolute atomic E-state index is 12.8. The number of carbonyl (C=O) groups excluding carboxylic acids is 1. The topological polar surface area (TPSA) is 108 Å². The molecule has 1 aromatic heterocycles. The largest absolute Gasteiger partial charge is 0.480 e. The fourth-order valence-electron chi connectivity index (χ4n) is 2.97. The van der Waals surface area contributed by atoms with Crippen molar-refractivity contribution in [2.75, 3.05) is 25.4 Å². The normalized spacial score (nSPS) is 16.6. The molecule has 0 unspecified atom stereocenters. The van der Waals surface area contributed by atoms with Crippen LogP contribution in [0.5, 0.6) is 0 Å². The third kappa shape index (κ3) is 4.55. The highest BCUT2D eigenvalue weighted by Crippen LogP contribution is 2.21. The van der Waals surface area contributed by atoms with Gasteiger partial charge in [-0.2, -0.15) is 0 Å². The van der Waals surface area contributed by atoms with E-state index in [4.69, 9.17) is 0 Å². The Hall–Kier alpha value is -2.00. The van der Waals surface area contributed by atoms with Crippen LogP contribution < -0.4 is 0 Å². The Morgan fingerprint density at radius 2 is 2.00 bits per heavy atom. The maximum Gasteiger partial charge on any atom is 0.323 e. The van der Waals surface area contributed by atoms with Gasteiger partial charge >= 0.3 is 5.97 Å². The number of sulfonamides is 1. The molecule has 0 aliphatic carbocycles. The Bertz CT molecular complexity index is 742. The summed E-state index contributed by atoms with van der Waals surface area (Å²) in [5.74, 6) is -1.51. The molecule has 9 heteroatoms. The molecule has 1 aromatic rings. The molecule has 8 nitrogen and oxygen atoms in total. The lowest BCUT2D eigenvalue weighted by Crippen LogP contribution is -2.50. The van der Waals surface area contributed by atoms with Gasteiger partial charge in [-0.05, 0) is 38.3 Å². The smallest absolute Gasteiger partial charge is 0.323 e. The van der Waals surface area contributed by atoms with Gasteiger partial charge in [0.25, 0.3) is 5.91 Å². The van der Waals surface area contributed by atoms with Crippen molar-refractivity contribution in [3.8, 4) is 0 Å². The fourth-order valence-corrected chi connectivity index (χ4v) is 4.10. The summed E-state index contributed by atoms with van der Waals surface area (Å²) in [6.07, 6.45) is 2.31. The second kappa shape index (κ2) is 7.92. The molecule has 138 valence electrons. The van der Waals surface area contributed by atoms with Gasteiger partial charge < -0.3 is 10.0 Å². The van der Waals surface area contributed by atoms with Gasteiger partial charge in [-0.15, -0.1) is 0 Å². The molecule has 0 radical (unpaired) electrons. The highest BCUT2D eigenvalue weighted by molar-refractivity contribution is 7.89. The number of aromatic nitrogens is 1. The van der Waals surface area contributed by atoms with E-state index >= 15 is 0 Å². The Balaban J connectivity index is 2.18. The minimum absolute atomic E-state index is 0.0303. The number of hydrogen-bond donors (Lipinski definition) is 1. The molecule has 1 aliphatic rings. The van der Waals surface area contributed by atoms with Crippen molar-refractivity contribution in [3.05, 3.63) is 29.6 Å². The first-order valence-electron chi connectivity index (χ1n) is 8.18. The van der Waals surface area contributed by atoms with Gasteiger partial charge in [-0.1, -0.05) is 6.07 Å². The zero-order valence-corrected chi connectivity index (χ0v) is 15.2. The highest BCUT2D eigenvalue weighted by Gasteiger charge is 2.33. The lowest BCUT2D eigenvalue weighted by molar-refractivity contribution is -0.138. The summed E-state index contributed by atoms with van der Waals surface area (Å²) in [4.78, 5) is 29.4. The van der Waals surface area contributed by atoms with Crippen LogP contribution in [0.4, 0.5) is 0 Å². The fraction of sp³-hybridized carbons (Fsp3) is 0.562. The highest BCUT2D eigenvalue weighted by atomic mass is 32.2. The molecule has 1 N–H and O–H groups in total. The van der Waals surface area contributed by atoms with Crippen molar-refractivity contribution < 1.29 is 23.1 Å². The van der Waals surface area contributed by atoms with E-state index in [9.17, 15) is 23.1 Å². The first-order valence-corrected chi connectivity index (χ1v) is 9.79. The van der Waals surface area contributed by atoms with E-state index in [1.54, 1.807) is 26.0 Å². The Labute approximate surface area is 147 Å². The van der Waals surface area contributed by atoms with Gasteiger partial charge in [0.1, 0.15) is 12.2 Å². The quantitative estimate of drug-likeness (QED) is 0.792. The number of aryl methyl sites for hydroxylation is 1. The van der Waals surface area contributed by atoms with Gasteiger partial charge in [0.15, 0.2) is 0 Å². The maximum atomic E-state index is 12.8. The van der Waals surface area contributed by atoms with Gasteiger partial charge in [0.05, 0.1) is 5.75 Å². The molecule has 0 saturated carbocycles. The molecule has 0 bridgehead atoms. The van der Waals surface area contributed by atoms with E-state index in [1.807, 2.05) is 0 Å². The Morgan fingerprint density at radius 3 is 2.52 bits per heavy atom. The molecule has 25 heavy (non-hydrogen) atoms. The van der Waals surface area contributed by atoms with Crippen LogP contribution in [0.25, 0.3) is 0 Å². The van der Waals surface area contributed by atoms with Crippen LogP contribution in [-0.4, -0.2) is 71.0 Å². The van der Waals surface area contributed by atoms with Crippen molar-refractivity contribution in [3.63, 3.8) is 0 Å². The van der Waals surface area contributed by atoms with Crippen molar-refractivity contribution >= 4 is 21.9 Å². The van der Waals surface area contributed by atoms with Crippen molar-refractivity contribution in [2.24, 2.45) is 0 Å². The van der Waals surface area contributed by atoms with E-state index in [0.29, 0.717) is 18.4 Å². The summed E-state index contributed by atoms with van der Waals surface area (Å²) in [7, 11) is -3.27. The van der Waals surface area contributed by atoms with Crippen LogP contribution >= 0.6 is 0 Å². The molecular weight excluding hydrogens is 346 g/mol. The van der Waals surface area contributed by atoms with Crippen LogP contribution in [0.3, 0.4) is 0 Å². The number of nitrogens with zero attached hydrogens (tertiary/aromatic N) is 3. The number of carboxylic acids is 1. The predicted octanol–water partition coefficient (Wildman–Crippen LogP) is 0.731. The Kier molecular flexibility index (Phi) is 6.12. The summed E-state index contributed by atoms with van der Waals surface area (Å²) in [5.41, 5.74) is 0.904. The summed E-state index contributed by atoms with van der Waals surface area (Å²) >= 11 is 0. The number of carbonyl (C=O) groups is 2. The summed E-state index contributed by atoms with van der Waals surface area (Å²) in [6.45, 7) is 3.47. The standard InChI is InChI=1S/C16H23N3O5S/c1-3-25(23,24)18-9-6-13(7-10-18)19(11-14(20)21)16(22)15-12(2)5-4-8-17-15/h4-5,8,13H,3,6-7,9-11H2,1-2H3,(H,20,21). The number of piperidine rings is 1. The Morgan fingerprint density at radius 1 is 1.36 bits per heavy atom. The van der Waals surface area contributed by atoms with Gasteiger partial charge in [0, 0.05) is 25.3 Å². The van der Waals surface area contributed by atoms with Crippen molar-refractivity contribution in [2.45, 2.75) is 32.7 Å². The molecule has 1 aliphatic heterocycles. The van der Waals surface area contributed by atoms with Gasteiger partial charge in [0.2, 0.25) is 10.0 Å². The van der Waals surface area contributed by atoms with Gasteiger partial charge in [-0.25, -0.2) is 12.7 Å². The monoisotopic (exact) mass is 369 g/mol. The molecule has 1 fully saturated rings. The lowest BCUT2D eigenvalue weighted by atomic mass is 10.0. The van der Waals surface area contributed by atoms with Crippen LogP contribution in [0.15, 0.2) is 18.3 Å². The zero-order valence-electron chi connectivity index (χ0n) is 14.4. The summed E-state index contributed by atoms with van der Waals surface area (Å²) in [6, 6.07) is 3.13. The number of pyridine rings is 1. The second-order valence-corrected chi connectivity index (χ2v) is 8.28. The van der Waals surface area contributed by atoms with Crippen LogP contribution in [0, 0.1) is 6.92 Å². The number of rotatable bonds is 6. The zero-order chi connectivity index (χ0) is 18.6. The molecule has 0 spiro atoms. The van der Waals surface area contributed by atoms with Crippen LogP contribution in [-0.2, 0) is 14.8 Å². The molecule has 0 atom stereocenters. The molecule has 1 amide bonds. The van der Waals surface area contributed by atoms with E-state index < -0.39 is 28.4 Å². The number of carboxylic acid groups (broad SMARTS) is 1. The predicted molar refractivity (Wildman–Crippen MR) is 91.7 cm³/mol. The van der Waals surface area contributed by atoms with Crippen molar-refractivity contribution in [1.29, 1.82) is 0 Å². The summed E-state index contributed by atoms with van der Waals surface area (Å²) in [5, 5.41) is 9.18. The lowest BCUT2D eigenvalue weighted by Gasteiger charge is -2.37. The average Bonchev–Trinajstić information content (AvgIpc) is 2.59. The second-order valence-electron chi connectivity index (χ2n) is 6.03. The van der Waals surface area contributed by atoms with E-state index in [2.05, 4.69) is 4.98 Å². The van der Waals surface area contributed by atoms with E-state index in [1.165, 1.54) is 15.4 Å². The average molecular weight is 369 g/mol. The molecular formula is C16H23N3O5S. The molecule has 0 aromatic carbocycles. The van der Waals surface area contributed by atoms with Crippen LogP contribution in [0.1, 0.15) is 35.8 Å². The van der Waals surface area contributed by atoms with Crippen LogP contribution in [0.2, 0.25) is 0 Å².